The predicted molar refractivity (Wildman–Crippen MR) is 123 cm³/mol. The molecule has 166 valence electrons. The average Bonchev–Trinajstić information content (AvgIpc) is 2.70. The number of hydrogen-bond acceptors (Lipinski definition) is 3. The van der Waals surface area contributed by atoms with Gasteiger partial charge in [0.15, 0.2) is 0 Å². The van der Waals surface area contributed by atoms with E-state index < -0.39 is 44.7 Å². The number of hydrogen-bond donors (Lipinski definition) is 2. The molecule has 0 aromatic heterocycles. The molecule has 0 aliphatic carbocycles. The predicted octanol–water partition coefficient (Wildman–Crippen LogP) is 1.81. The summed E-state index contributed by atoms with van der Waals surface area (Å²) < 4.78 is 44.0. The van der Waals surface area contributed by atoms with E-state index in [9.17, 15) is 23.1 Å². The van der Waals surface area contributed by atoms with E-state index in [4.69, 9.17) is 0 Å². The summed E-state index contributed by atoms with van der Waals surface area (Å²) in [4.78, 5) is 14.6. The molecule has 0 saturated carbocycles. The molecular weight excluding hydrogens is 583 g/mol. The molecule has 9 heteroatoms. The zero-order chi connectivity index (χ0) is 22.3. The fourth-order valence-corrected chi connectivity index (χ4v) is 7.22. The van der Waals surface area contributed by atoms with Crippen molar-refractivity contribution in [2.45, 2.75) is 43.9 Å². The van der Waals surface area contributed by atoms with Crippen LogP contribution in [0.5, 0.6) is 0 Å². The van der Waals surface area contributed by atoms with Gasteiger partial charge in [-0.15, -0.1) is 0 Å². The number of amides is 1. The van der Waals surface area contributed by atoms with Gasteiger partial charge in [0.1, 0.15) is 0 Å². The minimum atomic E-state index is -1.63. The van der Waals surface area contributed by atoms with Gasteiger partial charge in [-0.25, -0.2) is 0 Å². The van der Waals surface area contributed by atoms with Gasteiger partial charge < -0.3 is 0 Å². The van der Waals surface area contributed by atoms with Crippen LogP contribution in [-0.2, 0) is 0 Å². The van der Waals surface area contributed by atoms with Crippen LogP contribution in [0.4, 0.5) is 13.2 Å². The number of β-amino-alcohol motifs (C(OH)–C–C–N with tert-alkyl or cyclic N) is 1. The number of halogens is 4. The number of aliphatic hydroxyl groups is 1. The maximum absolute atomic E-state index is 14.7. The first-order valence-electron chi connectivity index (χ1n) is 10.2. The molecule has 1 amide bonds. The van der Waals surface area contributed by atoms with Gasteiger partial charge in [0.05, 0.1) is 0 Å². The van der Waals surface area contributed by atoms with Crippen LogP contribution in [0.25, 0.3) is 0 Å². The van der Waals surface area contributed by atoms with Gasteiger partial charge in [-0.2, -0.15) is 0 Å². The molecule has 4 nitrogen and oxygen atoms in total. The molecule has 4 rings (SSSR count). The van der Waals surface area contributed by atoms with Gasteiger partial charge in [0, 0.05) is 0 Å². The third kappa shape index (κ3) is 4.68. The summed E-state index contributed by atoms with van der Waals surface area (Å²) in [7, 11) is 0. The molecule has 2 aliphatic heterocycles. The molecule has 3 atom stereocenters. The van der Waals surface area contributed by atoms with E-state index in [0.717, 1.165) is 25.3 Å². The van der Waals surface area contributed by atoms with Crippen LogP contribution in [0.15, 0.2) is 30.3 Å². The van der Waals surface area contributed by atoms with Crippen LogP contribution in [0.3, 0.4) is 0 Å². The van der Waals surface area contributed by atoms with Crippen LogP contribution in [0.2, 0.25) is 0 Å². The molecule has 0 bridgehead atoms. The van der Waals surface area contributed by atoms with Crippen molar-refractivity contribution in [2.24, 2.45) is 0 Å². The number of nitrogens with one attached hydrogen (secondary N) is 1. The molecule has 2 fully saturated rings. The van der Waals surface area contributed by atoms with Crippen molar-refractivity contribution in [2.75, 3.05) is 13.1 Å². The number of carbonyl (C=O) groups is 1. The summed E-state index contributed by atoms with van der Waals surface area (Å²) in [5.74, 6) is -3.09. The van der Waals surface area contributed by atoms with E-state index in [-0.39, 0.29) is 29.0 Å². The van der Waals surface area contributed by atoms with Crippen LogP contribution in [0, 0.1) is 21.0 Å². The van der Waals surface area contributed by atoms with Gasteiger partial charge in [0.25, 0.3) is 0 Å². The van der Waals surface area contributed by atoms with Gasteiger partial charge in [-0.05, 0) is 0 Å². The van der Waals surface area contributed by atoms with E-state index in [0.29, 0.717) is 14.0 Å². The van der Waals surface area contributed by atoms with Crippen molar-refractivity contribution in [1.82, 2.24) is 10.2 Å². The number of benzene rings is 2. The monoisotopic (exact) mass is 606 g/mol. The van der Waals surface area contributed by atoms with Gasteiger partial charge in [-0.3, -0.25) is 0 Å². The quantitative estimate of drug-likeness (QED) is 0.413. The fourth-order valence-electron chi connectivity index (χ4n) is 4.29. The molecule has 31 heavy (non-hydrogen) atoms. The van der Waals surface area contributed by atoms with Crippen LogP contribution in [-0.4, -0.2) is 62.4 Å². The Labute approximate surface area is 199 Å². The second kappa shape index (κ2) is 9.04. The SMILES string of the molecule is CC1CCCC(C2(O)CN(C(=O)c3ccc(F)c(F)c3[AsH]c3ccc(I)cc3F)C2)N1. The summed E-state index contributed by atoms with van der Waals surface area (Å²) in [5, 5.41) is 14.3. The molecule has 2 N–H and O–H groups in total. The van der Waals surface area contributed by atoms with E-state index in [1.54, 1.807) is 12.1 Å². The fraction of sp³-hybridized carbons (Fsp3) is 0.409. The van der Waals surface area contributed by atoms with Crippen molar-refractivity contribution in [3.8, 4) is 0 Å². The molecule has 2 heterocycles. The standard InChI is InChI=1S/C22H23AsF3IN2O2/c1-12-3-2-4-18(28-12)22(31)10-29(11-22)21(30)14-6-8-16(24)20(26)19(14)23-15-7-5-13(27)9-17(15)25/h5-9,12,18,23,28,31H,2-4,10-11H2,1H3. The number of nitrogens with zero attached hydrogens (tertiary/aromatic N) is 1. The van der Waals surface area contributed by atoms with Crippen molar-refractivity contribution >= 4 is 53.0 Å². The third-order valence-electron chi connectivity index (χ3n) is 6.00. The topological polar surface area (TPSA) is 52.6 Å². The Morgan fingerprint density at radius 1 is 1.19 bits per heavy atom. The Balaban J connectivity index is 1.56. The van der Waals surface area contributed by atoms with Crippen molar-refractivity contribution in [3.05, 3.63) is 56.9 Å². The maximum atomic E-state index is 14.7. The van der Waals surface area contributed by atoms with E-state index in [1.165, 1.54) is 17.0 Å². The van der Waals surface area contributed by atoms with Gasteiger partial charge in [-0.1, -0.05) is 0 Å². The molecular formula is C22H23AsF3IN2O2. The molecule has 2 saturated heterocycles. The second-order valence-electron chi connectivity index (χ2n) is 8.35. The zero-order valence-electron chi connectivity index (χ0n) is 16.9. The van der Waals surface area contributed by atoms with Crippen molar-refractivity contribution in [3.63, 3.8) is 0 Å². The van der Waals surface area contributed by atoms with Crippen LogP contribution < -0.4 is 14.0 Å². The zero-order valence-corrected chi connectivity index (χ0v) is 21.1. The normalized spacial score (nSPS) is 23.2. The third-order valence-corrected chi connectivity index (χ3v) is 9.63. The molecule has 3 unspecified atom stereocenters. The first-order valence-corrected chi connectivity index (χ1v) is 13.3. The number of piperidine rings is 1. The molecule has 0 spiro atoms. The Bertz CT molecular complexity index is 1020. The summed E-state index contributed by atoms with van der Waals surface area (Å²) in [6, 6.07) is 7.01. The second-order valence-corrected chi connectivity index (χ2v) is 12.3. The summed E-state index contributed by atoms with van der Waals surface area (Å²) in [5.41, 5.74) is -0.981. The van der Waals surface area contributed by atoms with Gasteiger partial charge >= 0.3 is 200 Å². The van der Waals surface area contributed by atoms with E-state index in [2.05, 4.69) is 12.2 Å². The van der Waals surface area contributed by atoms with Crippen LogP contribution >= 0.6 is 22.6 Å². The van der Waals surface area contributed by atoms with E-state index >= 15 is 0 Å². The Kier molecular flexibility index (Phi) is 6.73. The first kappa shape index (κ1) is 23.1. The molecule has 2 aromatic rings. The number of rotatable bonds is 4. The summed E-state index contributed by atoms with van der Waals surface area (Å²) >= 11 is 0.345. The Morgan fingerprint density at radius 2 is 1.94 bits per heavy atom. The van der Waals surface area contributed by atoms with E-state index in [1.807, 2.05) is 22.6 Å². The minimum absolute atomic E-state index is 0.0453. The van der Waals surface area contributed by atoms with Crippen molar-refractivity contribution < 1.29 is 23.1 Å². The molecule has 2 aliphatic rings. The van der Waals surface area contributed by atoms with Crippen LogP contribution in [0.1, 0.15) is 36.5 Å². The number of carbonyl (C=O) groups excluding carboxylic acids is 1. The summed E-state index contributed by atoms with van der Waals surface area (Å²) in [6.45, 7) is 2.33. The Hall–Kier alpha value is -1.09. The summed E-state index contributed by atoms with van der Waals surface area (Å²) in [6.07, 6.45) is 2.89. The molecule has 2 aromatic carbocycles. The molecule has 0 radical (unpaired) electrons. The van der Waals surface area contributed by atoms with Crippen molar-refractivity contribution in [1.29, 1.82) is 0 Å². The first-order chi connectivity index (χ1) is 14.7. The average molecular weight is 606 g/mol. The van der Waals surface area contributed by atoms with Gasteiger partial charge in [0.2, 0.25) is 0 Å². The number of likely N-dealkylation sites (tertiary alicyclic amines) is 1. The Morgan fingerprint density at radius 3 is 2.61 bits per heavy atom.